The van der Waals surface area contributed by atoms with Crippen molar-refractivity contribution in [2.24, 2.45) is 0 Å². The largest absolute Gasteiger partial charge is 0.479 e. The molecule has 0 aliphatic heterocycles. The van der Waals surface area contributed by atoms with Crippen LogP contribution in [0.5, 0.6) is 0 Å². The minimum atomic E-state index is -1.29. The van der Waals surface area contributed by atoms with E-state index in [4.69, 9.17) is 16.3 Å². The molecule has 0 bridgehead atoms. The highest BCUT2D eigenvalue weighted by Gasteiger charge is 2.30. The number of rotatable bonds is 4. The van der Waals surface area contributed by atoms with Crippen molar-refractivity contribution in [3.63, 3.8) is 0 Å². The van der Waals surface area contributed by atoms with Crippen LogP contribution in [0.4, 0.5) is 4.79 Å². The fraction of sp³-hybridized carbons (Fsp3) is 0.667. The number of carboxylic acids is 1. The first-order valence-electron chi connectivity index (χ1n) is 5.41. The number of terminal acetylenes is 1. The number of amides is 1. The molecule has 1 N–H and O–H groups in total. The number of carbonyl (C=O) groups is 2. The summed E-state index contributed by atoms with van der Waals surface area (Å²) in [7, 11) is 0. The fourth-order valence-electron chi connectivity index (χ4n) is 1.18. The van der Waals surface area contributed by atoms with Gasteiger partial charge in [0.2, 0.25) is 0 Å². The van der Waals surface area contributed by atoms with Gasteiger partial charge in [-0.05, 0) is 27.2 Å². The zero-order valence-corrected chi connectivity index (χ0v) is 10.7. The Kier molecular flexibility index (Phi) is 5.52. The highest BCUT2D eigenvalue weighted by atomic mass is 16.6. The van der Waals surface area contributed by atoms with Crippen molar-refractivity contribution in [2.45, 2.75) is 45.8 Å². The van der Waals surface area contributed by atoms with Crippen LogP contribution in [0.25, 0.3) is 0 Å². The van der Waals surface area contributed by atoms with E-state index in [1.807, 2.05) is 6.92 Å². The van der Waals surface area contributed by atoms with Crippen LogP contribution in [0, 0.1) is 12.3 Å². The maximum Gasteiger partial charge on any atom is 0.411 e. The van der Waals surface area contributed by atoms with Crippen LogP contribution >= 0.6 is 0 Å². The molecule has 0 radical (unpaired) electrons. The van der Waals surface area contributed by atoms with Crippen LogP contribution in [0.1, 0.15) is 34.1 Å². The highest BCUT2D eigenvalue weighted by molar-refractivity contribution is 5.83. The van der Waals surface area contributed by atoms with Gasteiger partial charge in [-0.3, -0.25) is 4.90 Å². The van der Waals surface area contributed by atoms with Crippen molar-refractivity contribution in [3.8, 4) is 12.3 Å². The average Bonchev–Trinajstić information content (AvgIpc) is 2.14. The van der Waals surface area contributed by atoms with E-state index in [2.05, 4.69) is 5.92 Å². The summed E-state index contributed by atoms with van der Waals surface area (Å²) in [5.74, 6) is 0.849. The summed E-state index contributed by atoms with van der Waals surface area (Å²) in [6, 6.07) is -1.29. The number of carboxylic acid groups (broad SMARTS) is 1. The molecular formula is C12H19NO4. The van der Waals surface area contributed by atoms with Crippen molar-refractivity contribution >= 4 is 12.1 Å². The number of aliphatic carboxylic acids is 1. The van der Waals surface area contributed by atoms with E-state index < -0.39 is 23.7 Å². The van der Waals surface area contributed by atoms with E-state index in [0.717, 1.165) is 4.90 Å². The molecule has 0 heterocycles. The van der Waals surface area contributed by atoms with Gasteiger partial charge in [0.25, 0.3) is 0 Å². The van der Waals surface area contributed by atoms with Gasteiger partial charge in [-0.25, -0.2) is 9.59 Å². The van der Waals surface area contributed by atoms with Gasteiger partial charge in [-0.1, -0.05) is 12.8 Å². The third-order valence-electron chi connectivity index (χ3n) is 1.80. The van der Waals surface area contributed by atoms with E-state index in [1.54, 1.807) is 20.8 Å². The van der Waals surface area contributed by atoms with Crippen LogP contribution in [-0.2, 0) is 9.53 Å². The minimum Gasteiger partial charge on any atom is -0.479 e. The molecule has 17 heavy (non-hydrogen) atoms. The smallest absolute Gasteiger partial charge is 0.411 e. The summed E-state index contributed by atoms with van der Waals surface area (Å²) >= 11 is 0. The Labute approximate surface area is 102 Å². The summed E-state index contributed by atoms with van der Waals surface area (Å²) in [6.45, 7) is 7.20. The van der Waals surface area contributed by atoms with E-state index in [1.165, 1.54) is 0 Å². The van der Waals surface area contributed by atoms with Crippen molar-refractivity contribution in [2.75, 3.05) is 6.54 Å². The fourth-order valence-corrected chi connectivity index (χ4v) is 1.18. The molecule has 0 saturated heterocycles. The predicted molar refractivity (Wildman–Crippen MR) is 63.5 cm³/mol. The molecular weight excluding hydrogens is 222 g/mol. The molecule has 0 rings (SSSR count). The van der Waals surface area contributed by atoms with Crippen LogP contribution in [0.15, 0.2) is 0 Å². The van der Waals surface area contributed by atoms with Gasteiger partial charge in [0, 0.05) is 6.54 Å². The van der Waals surface area contributed by atoms with Gasteiger partial charge >= 0.3 is 12.1 Å². The van der Waals surface area contributed by atoms with E-state index in [9.17, 15) is 9.59 Å². The first-order valence-corrected chi connectivity index (χ1v) is 5.41. The van der Waals surface area contributed by atoms with Crippen LogP contribution in [0.3, 0.4) is 0 Å². The Balaban J connectivity index is 4.91. The zero-order valence-electron chi connectivity index (χ0n) is 10.7. The highest BCUT2D eigenvalue weighted by Crippen LogP contribution is 2.12. The normalized spacial score (nSPS) is 12.4. The number of ether oxygens (including phenoxy) is 1. The SMILES string of the molecule is C#CC(C(=O)O)N(CCC)C(=O)OC(C)(C)C. The molecule has 0 aliphatic carbocycles. The summed E-state index contributed by atoms with van der Waals surface area (Å²) in [6.07, 6.45) is 5.02. The Bertz CT molecular complexity index is 324. The predicted octanol–water partition coefficient (Wildman–Crippen LogP) is 1.72. The minimum absolute atomic E-state index is 0.246. The summed E-state index contributed by atoms with van der Waals surface area (Å²) in [5.41, 5.74) is -0.680. The zero-order chi connectivity index (χ0) is 13.6. The molecule has 0 aromatic carbocycles. The van der Waals surface area contributed by atoms with E-state index >= 15 is 0 Å². The number of carbonyl (C=O) groups excluding carboxylic acids is 1. The van der Waals surface area contributed by atoms with Crippen molar-refractivity contribution < 1.29 is 19.4 Å². The Morgan fingerprint density at radius 1 is 1.47 bits per heavy atom. The second kappa shape index (κ2) is 6.14. The average molecular weight is 241 g/mol. The quantitative estimate of drug-likeness (QED) is 0.761. The maximum atomic E-state index is 11.8. The molecule has 1 unspecified atom stereocenters. The van der Waals surface area contributed by atoms with Crippen molar-refractivity contribution in [3.05, 3.63) is 0 Å². The first kappa shape index (κ1) is 15.3. The Morgan fingerprint density at radius 3 is 2.29 bits per heavy atom. The molecule has 0 fully saturated rings. The Hall–Kier alpha value is -1.70. The van der Waals surface area contributed by atoms with Gasteiger partial charge < -0.3 is 9.84 Å². The number of hydrogen-bond donors (Lipinski definition) is 1. The molecule has 1 atom stereocenters. The third-order valence-corrected chi connectivity index (χ3v) is 1.80. The summed E-state index contributed by atoms with van der Waals surface area (Å²) < 4.78 is 5.11. The maximum absolute atomic E-state index is 11.8. The molecule has 96 valence electrons. The lowest BCUT2D eigenvalue weighted by Crippen LogP contribution is -2.46. The lowest BCUT2D eigenvalue weighted by Gasteiger charge is -2.28. The summed E-state index contributed by atoms with van der Waals surface area (Å²) in [4.78, 5) is 23.8. The summed E-state index contributed by atoms with van der Waals surface area (Å²) in [5, 5.41) is 8.93. The van der Waals surface area contributed by atoms with Crippen molar-refractivity contribution in [1.82, 2.24) is 4.90 Å². The number of hydrogen-bond acceptors (Lipinski definition) is 3. The van der Waals surface area contributed by atoms with Gasteiger partial charge in [0.15, 0.2) is 6.04 Å². The lowest BCUT2D eigenvalue weighted by atomic mass is 10.2. The van der Waals surface area contributed by atoms with Crippen LogP contribution in [0.2, 0.25) is 0 Å². The molecule has 5 nitrogen and oxygen atoms in total. The molecule has 0 aromatic heterocycles. The van der Waals surface area contributed by atoms with E-state index in [0.29, 0.717) is 6.42 Å². The third kappa shape index (κ3) is 5.25. The van der Waals surface area contributed by atoms with Gasteiger partial charge in [-0.15, -0.1) is 6.42 Å². The molecule has 0 spiro atoms. The molecule has 0 aromatic rings. The molecule has 0 aliphatic rings. The van der Waals surface area contributed by atoms with E-state index in [-0.39, 0.29) is 6.54 Å². The Morgan fingerprint density at radius 2 is 2.00 bits per heavy atom. The first-order chi connectivity index (χ1) is 7.72. The molecule has 1 amide bonds. The topological polar surface area (TPSA) is 66.8 Å². The van der Waals surface area contributed by atoms with Gasteiger partial charge in [-0.2, -0.15) is 0 Å². The number of nitrogens with zero attached hydrogens (tertiary/aromatic N) is 1. The monoisotopic (exact) mass is 241 g/mol. The van der Waals surface area contributed by atoms with Crippen molar-refractivity contribution in [1.29, 1.82) is 0 Å². The lowest BCUT2D eigenvalue weighted by molar-refractivity contribution is -0.140. The van der Waals surface area contributed by atoms with Gasteiger partial charge in [0.1, 0.15) is 5.60 Å². The standard InChI is InChI=1S/C12H19NO4/c1-6-8-13(9(7-2)10(14)15)11(16)17-12(3,4)5/h2,9H,6,8H2,1,3-5H3,(H,14,15). The van der Waals surface area contributed by atoms with Gasteiger partial charge in [0.05, 0.1) is 0 Å². The molecule has 5 heteroatoms. The second-order valence-electron chi connectivity index (χ2n) is 4.58. The van der Waals surface area contributed by atoms with Crippen LogP contribution in [-0.4, -0.2) is 40.3 Å². The second-order valence-corrected chi connectivity index (χ2v) is 4.58. The van der Waals surface area contributed by atoms with Crippen LogP contribution < -0.4 is 0 Å². The molecule has 0 saturated carbocycles.